The fourth-order valence-corrected chi connectivity index (χ4v) is 2.77. The third kappa shape index (κ3) is 3.29. The topological polar surface area (TPSA) is 59.7 Å². The fraction of sp³-hybridized carbons (Fsp3) is 0.190. The Labute approximate surface area is 146 Å². The number of aromatic hydroxyl groups is 1. The fourth-order valence-electron chi connectivity index (χ4n) is 2.77. The van der Waals surface area contributed by atoms with E-state index in [-0.39, 0.29) is 16.6 Å². The summed E-state index contributed by atoms with van der Waals surface area (Å²) in [6.07, 6.45) is 2.58. The number of ether oxygens (including phenoxy) is 1. The number of hydrogen-bond acceptors (Lipinski definition) is 4. The van der Waals surface area contributed by atoms with Gasteiger partial charge in [-0.25, -0.2) is 0 Å². The van der Waals surface area contributed by atoms with Gasteiger partial charge >= 0.3 is 0 Å². The molecule has 0 bridgehead atoms. The molecule has 0 saturated carbocycles. The van der Waals surface area contributed by atoms with Crippen molar-refractivity contribution in [3.63, 3.8) is 0 Å². The maximum Gasteiger partial charge on any atom is 0.197 e. The zero-order chi connectivity index (χ0) is 18.0. The van der Waals surface area contributed by atoms with Crippen LogP contribution in [0.2, 0.25) is 0 Å². The first-order valence-electron chi connectivity index (χ1n) is 8.06. The lowest BCUT2D eigenvalue weighted by atomic mass is 10.0. The maximum absolute atomic E-state index is 12.6. The largest absolute Gasteiger partial charge is 0.507 e. The lowest BCUT2D eigenvalue weighted by molar-refractivity contribution is 0.404. The average Bonchev–Trinajstić information content (AvgIpc) is 2.60. The van der Waals surface area contributed by atoms with Crippen LogP contribution in [0.3, 0.4) is 0 Å². The van der Waals surface area contributed by atoms with Crippen LogP contribution < -0.4 is 10.2 Å². The van der Waals surface area contributed by atoms with Crippen molar-refractivity contribution in [1.82, 2.24) is 0 Å². The second-order valence-corrected chi connectivity index (χ2v) is 6.11. The molecule has 0 aliphatic carbocycles. The Morgan fingerprint density at radius 2 is 1.92 bits per heavy atom. The lowest BCUT2D eigenvalue weighted by Crippen LogP contribution is -2.04. The van der Waals surface area contributed by atoms with Gasteiger partial charge in [-0.15, -0.1) is 0 Å². The van der Waals surface area contributed by atoms with E-state index in [0.717, 1.165) is 16.7 Å². The molecule has 1 N–H and O–H groups in total. The van der Waals surface area contributed by atoms with Gasteiger partial charge in [0, 0.05) is 23.3 Å². The predicted octanol–water partition coefficient (Wildman–Crippen LogP) is 4.68. The van der Waals surface area contributed by atoms with Crippen molar-refractivity contribution >= 4 is 11.0 Å². The molecular formula is C21H20O4. The summed E-state index contributed by atoms with van der Waals surface area (Å²) >= 11 is 0. The van der Waals surface area contributed by atoms with Crippen LogP contribution in [0.25, 0.3) is 22.3 Å². The lowest BCUT2D eigenvalue weighted by Gasteiger charge is -2.12. The molecule has 0 aliphatic rings. The van der Waals surface area contributed by atoms with Crippen molar-refractivity contribution in [2.24, 2.45) is 0 Å². The van der Waals surface area contributed by atoms with E-state index in [9.17, 15) is 9.90 Å². The molecule has 0 fully saturated rings. The summed E-state index contributed by atoms with van der Waals surface area (Å²) in [6, 6.07) is 12.3. The molecule has 2 aromatic carbocycles. The van der Waals surface area contributed by atoms with Crippen molar-refractivity contribution in [1.29, 1.82) is 0 Å². The number of benzene rings is 2. The van der Waals surface area contributed by atoms with E-state index >= 15 is 0 Å². The molecule has 3 aromatic rings. The van der Waals surface area contributed by atoms with Gasteiger partial charge in [0.1, 0.15) is 28.2 Å². The molecule has 0 amide bonds. The molecule has 0 saturated heterocycles. The van der Waals surface area contributed by atoms with Gasteiger partial charge in [-0.1, -0.05) is 42.0 Å². The first-order chi connectivity index (χ1) is 12.0. The smallest absolute Gasteiger partial charge is 0.197 e. The zero-order valence-corrected chi connectivity index (χ0v) is 14.5. The second-order valence-electron chi connectivity index (χ2n) is 6.11. The monoisotopic (exact) mass is 336 g/mol. The first kappa shape index (κ1) is 16.8. The van der Waals surface area contributed by atoms with Crippen LogP contribution in [0, 0.1) is 0 Å². The van der Waals surface area contributed by atoms with Crippen LogP contribution in [-0.2, 0) is 6.42 Å². The van der Waals surface area contributed by atoms with Crippen molar-refractivity contribution < 1.29 is 14.3 Å². The molecule has 25 heavy (non-hydrogen) atoms. The highest BCUT2D eigenvalue weighted by molar-refractivity contribution is 5.89. The summed E-state index contributed by atoms with van der Waals surface area (Å²) in [5.41, 5.74) is 2.77. The highest BCUT2D eigenvalue weighted by atomic mass is 16.5. The van der Waals surface area contributed by atoms with Gasteiger partial charge in [0.15, 0.2) is 5.43 Å². The minimum atomic E-state index is -0.279. The number of phenolic OH excluding ortho intramolecular Hbond substituents is 1. The third-order valence-electron chi connectivity index (χ3n) is 4.04. The molecule has 4 nitrogen and oxygen atoms in total. The Balaban J connectivity index is 2.34. The molecule has 1 heterocycles. The summed E-state index contributed by atoms with van der Waals surface area (Å²) in [6.45, 7) is 4.00. The Kier molecular flexibility index (Phi) is 4.61. The van der Waals surface area contributed by atoms with Gasteiger partial charge in [-0.05, 0) is 20.3 Å². The number of methoxy groups -OCH3 is 1. The van der Waals surface area contributed by atoms with Gasteiger partial charge in [0.05, 0.1) is 7.11 Å². The number of phenols is 1. The molecule has 0 aliphatic heterocycles. The zero-order valence-electron chi connectivity index (χ0n) is 14.5. The maximum atomic E-state index is 12.6. The van der Waals surface area contributed by atoms with Gasteiger partial charge < -0.3 is 14.3 Å². The number of allylic oxidation sites excluding steroid dienone is 2. The van der Waals surface area contributed by atoms with Crippen LogP contribution in [0.1, 0.15) is 19.4 Å². The Hall–Kier alpha value is -3.01. The summed E-state index contributed by atoms with van der Waals surface area (Å²) in [5.74, 6) is 0.821. The summed E-state index contributed by atoms with van der Waals surface area (Å²) < 4.78 is 11.4. The van der Waals surface area contributed by atoms with E-state index in [1.807, 2.05) is 50.3 Å². The van der Waals surface area contributed by atoms with Gasteiger partial charge in [-0.2, -0.15) is 0 Å². The van der Waals surface area contributed by atoms with Crippen LogP contribution in [0.4, 0.5) is 0 Å². The molecule has 0 unspecified atom stereocenters. The molecule has 0 atom stereocenters. The van der Waals surface area contributed by atoms with E-state index in [1.165, 1.54) is 19.2 Å². The Morgan fingerprint density at radius 3 is 2.56 bits per heavy atom. The third-order valence-corrected chi connectivity index (χ3v) is 4.04. The molecule has 0 radical (unpaired) electrons. The summed E-state index contributed by atoms with van der Waals surface area (Å²) in [7, 11) is 1.53. The Bertz CT molecular complexity index is 994. The first-order valence-corrected chi connectivity index (χ1v) is 8.06. The molecule has 3 rings (SSSR count). The van der Waals surface area contributed by atoms with E-state index in [1.54, 1.807) is 0 Å². The van der Waals surface area contributed by atoms with Crippen molar-refractivity contribution in [2.45, 2.75) is 20.3 Å². The number of fused-ring (bicyclic) bond motifs is 1. The molecule has 1 aromatic heterocycles. The molecule has 128 valence electrons. The number of hydrogen-bond donors (Lipinski definition) is 1. The predicted molar refractivity (Wildman–Crippen MR) is 99.3 cm³/mol. The van der Waals surface area contributed by atoms with Crippen LogP contribution >= 0.6 is 0 Å². The molecule has 0 spiro atoms. The molecular weight excluding hydrogens is 316 g/mol. The van der Waals surface area contributed by atoms with E-state index in [2.05, 4.69) is 0 Å². The quantitative estimate of drug-likeness (QED) is 0.703. The average molecular weight is 336 g/mol. The van der Waals surface area contributed by atoms with E-state index < -0.39 is 0 Å². The second kappa shape index (κ2) is 6.85. The van der Waals surface area contributed by atoms with Gasteiger partial charge in [-0.3, -0.25) is 4.79 Å². The van der Waals surface area contributed by atoms with Crippen LogP contribution in [0.5, 0.6) is 11.5 Å². The van der Waals surface area contributed by atoms with Crippen LogP contribution in [-0.4, -0.2) is 12.2 Å². The van der Waals surface area contributed by atoms with Crippen molar-refractivity contribution in [3.8, 4) is 22.8 Å². The van der Waals surface area contributed by atoms with E-state index in [0.29, 0.717) is 23.5 Å². The Morgan fingerprint density at radius 1 is 1.20 bits per heavy atom. The summed E-state index contributed by atoms with van der Waals surface area (Å²) in [5, 5.41) is 10.5. The van der Waals surface area contributed by atoms with Crippen LogP contribution in [0.15, 0.2) is 63.3 Å². The minimum absolute atomic E-state index is 0.138. The summed E-state index contributed by atoms with van der Waals surface area (Å²) in [4.78, 5) is 12.6. The van der Waals surface area contributed by atoms with Crippen molar-refractivity contribution in [2.75, 3.05) is 7.11 Å². The highest BCUT2D eigenvalue weighted by Crippen LogP contribution is 2.36. The van der Waals surface area contributed by atoms with Gasteiger partial charge in [0.25, 0.3) is 0 Å². The van der Waals surface area contributed by atoms with Crippen molar-refractivity contribution in [3.05, 3.63) is 69.9 Å². The minimum Gasteiger partial charge on any atom is -0.507 e. The normalized spacial score (nSPS) is 10.7. The molecule has 4 heteroatoms. The highest BCUT2D eigenvalue weighted by Gasteiger charge is 2.18. The van der Waals surface area contributed by atoms with Gasteiger partial charge in [0.2, 0.25) is 0 Å². The van der Waals surface area contributed by atoms with E-state index in [4.69, 9.17) is 9.15 Å². The SMILES string of the molecule is COc1cc(O)c2c(=O)cc(-c3ccccc3)oc2c1CC=C(C)C. The number of rotatable bonds is 4. The standard InChI is InChI=1S/C21H20O4/c1-13(2)9-10-15-19(24-3)12-17(23)20-16(22)11-18(25-21(15)20)14-7-5-4-6-8-14/h4-9,11-12,23H,10H2,1-3H3.